The Morgan fingerprint density at radius 3 is 2.44 bits per heavy atom. The van der Waals surface area contributed by atoms with Crippen LogP contribution in [0.3, 0.4) is 0 Å². The molecule has 0 unspecified atom stereocenters. The van der Waals surface area contributed by atoms with Gasteiger partial charge >= 0.3 is 0 Å². The Labute approximate surface area is 107 Å². The van der Waals surface area contributed by atoms with E-state index in [0.717, 1.165) is 10.6 Å². The van der Waals surface area contributed by atoms with Crippen LogP contribution in [0, 0.1) is 19.8 Å². The molecule has 0 bridgehead atoms. The number of nitrogens with one attached hydrogen (secondary N) is 3. The third-order valence-corrected chi connectivity index (χ3v) is 3.59. The molecule has 8 heteroatoms. The molecule has 2 rings (SSSR count). The smallest absolute Gasteiger partial charge is 0.251 e. The van der Waals surface area contributed by atoms with E-state index in [1.165, 1.54) is 11.3 Å². The van der Waals surface area contributed by atoms with Crippen LogP contribution in [0.2, 0.25) is 0 Å². The minimum atomic E-state index is -0.966. The molecule has 0 radical (unpaired) electrons. The second-order valence-electron chi connectivity index (χ2n) is 3.94. The number of aromatic nitrogens is 1. The van der Waals surface area contributed by atoms with Crippen LogP contribution in [0.4, 0.5) is 5.13 Å². The summed E-state index contributed by atoms with van der Waals surface area (Å²) < 4.78 is 0. The highest BCUT2D eigenvalue weighted by Crippen LogP contribution is 2.21. The average Bonchev–Trinajstić information content (AvgIpc) is 2.76. The molecule has 0 aromatic carbocycles. The standard InChI is InChI=1S/C10H12N4O3S/c1-4-5(2)18-10(11-4)12-7(15)3-6-8(16)13-14-9(6)17/h6H,3H2,1-2H3,(H,13,16)(H,14,17)(H,11,12,15). The Kier molecular flexibility index (Phi) is 3.28. The molecule has 7 nitrogen and oxygen atoms in total. The zero-order chi connectivity index (χ0) is 13.3. The van der Waals surface area contributed by atoms with Crippen molar-refractivity contribution in [2.45, 2.75) is 20.3 Å². The van der Waals surface area contributed by atoms with Crippen molar-refractivity contribution in [1.82, 2.24) is 15.8 Å². The summed E-state index contributed by atoms with van der Waals surface area (Å²) in [6.07, 6.45) is -0.185. The molecule has 1 saturated heterocycles. The van der Waals surface area contributed by atoms with Gasteiger partial charge in [-0.3, -0.25) is 25.2 Å². The topological polar surface area (TPSA) is 100 Å². The van der Waals surface area contributed by atoms with Crippen LogP contribution >= 0.6 is 11.3 Å². The average molecular weight is 268 g/mol. The summed E-state index contributed by atoms with van der Waals surface area (Å²) in [4.78, 5) is 39.3. The molecule has 1 aliphatic heterocycles. The molecule has 18 heavy (non-hydrogen) atoms. The highest BCUT2D eigenvalue weighted by Gasteiger charge is 2.34. The third-order valence-electron chi connectivity index (χ3n) is 2.61. The lowest BCUT2D eigenvalue weighted by Crippen LogP contribution is -2.28. The molecular weight excluding hydrogens is 256 g/mol. The van der Waals surface area contributed by atoms with Gasteiger partial charge in [0.15, 0.2) is 5.13 Å². The van der Waals surface area contributed by atoms with Crippen LogP contribution in [0.5, 0.6) is 0 Å². The summed E-state index contributed by atoms with van der Waals surface area (Å²) in [6.45, 7) is 3.75. The van der Waals surface area contributed by atoms with Gasteiger partial charge in [0.2, 0.25) is 5.91 Å². The number of carbonyl (C=O) groups excluding carboxylic acids is 3. The molecule has 0 saturated carbocycles. The molecule has 0 atom stereocenters. The fraction of sp³-hybridized carbons (Fsp3) is 0.400. The lowest BCUT2D eigenvalue weighted by molar-refractivity contribution is -0.131. The molecule has 3 amide bonds. The SMILES string of the molecule is Cc1nc(NC(=O)CC2C(=O)NNC2=O)sc1C. The van der Waals surface area contributed by atoms with Gasteiger partial charge < -0.3 is 5.32 Å². The maximum absolute atomic E-state index is 11.7. The van der Waals surface area contributed by atoms with E-state index in [0.29, 0.717) is 5.13 Å². The first kappa shape index (κ1) is 12.5. The minimum absolute atomic E-state index is 0.185. The number of hydrazine groups is 1. The predicted octanol–water partition coefficient (Wildman–Crippen LogP) is -0.134. The Morgan fingerprint density at radius 2 is 1.94 bits per heavy atom. The molecular formula is C10H12N4O3S. The van der Waals surface area contributed by atoms with Crippen LogP contribution < -0.4 is 16.2 Å². The molecule has 0 spiro atoms. The van der Waals surface area contributed by atoms with Crippen molar-refractivity contribution in [3.05, 3.63) is 10.6 Å². The highest BCUT2D eigenvalue weighted by atomic mass is 32.1. The van der Waals surface area contributed by atoms with E-state index >= 15 is 0 Å². The van der Waals surface area contributed by atoms with Crippen LogP contribution in [0.1, 0.15) is 17.0 Å². The van der Waals surface area contributed by atoms with E-state index in [9.17, 15) is 14.4 Å². The molecule has 1 aromatic heterocycles. The zero-order valence-corrected chi connectivity index (χ0v) is 10.7. The van der Waals surface area contributed by atoms with Gasteiger partial charge in [0.05, 0.1) is 5.69 Å². The van der Waals surface area contributed by atoms with Crippen molar-refractivity contribution >= 4 is 34.2 Å². The summed E-state index contributed by atoms with van der Waals surface area (Å²) >= 11 is 1.36. The lowest BCUT2D eigenvalue weighted by Gasteiger charge is -2.03. The number of carbonyl (C=O) groups is 3. The third kappa shape index (κ3) is 2.48. The fourth-order valence-electron chi connectivity index (χ4n) is 1.48. The van der Waals surface area contributed by atoms with Crippen LogP contribution in [0.15, 0.2) is 0 Å². The quantitative estimate of drug-likeness (QED) is 0.664. The molecule has 1 aromatic rings. The zero-order valence-electron chi connectivity index (χ0n) is 9.86. The number of nitrogens with zero attached hydrogens (tertiary/aromatic N) is 1. The van der Waals surface area contributed by atoms with Crippen molar-refractivity contribution in [1.29, 1.82) is 0 Å². The fourth-order valence-corrected chi connectivity index (χ4v) is 2.31. The predicted molar refractivity (Wildman–Crippen MR) is 64.6 cm³/mol. The van der Waals surface area contributed by atoms with E-state index in [1.807, 2.05) is 13.8 Å². The number of aryl methyl sites for hydroxylation is 2. The number of thiazole rings is 1. The number of hydrogen-bond acceptors (Lipinski definition) is 5. The number of rotatable bonds is 3. The normalized spacial score (nSPS) is 15.4. The van der Waals surface area contributed by atoms with E-state index in [-0.39, 0.29) is 6.42 Å². The number of hydrogen-bond donors (Lipinski definition) is 3. The van der Waals surface area contributed by atoms with Gasteiger partial charge in [-0.15, -0.1) is 11.3 Å². The lowest BCUT2D eigenvalue weighted by atomic mass is 10.1. The number of anilines is 1. The summed E-state index contributed by atoms with van der Waals surface area (Å²) in [7, 11) is 0. The molecule has 1 aliphatic rings. The van der Waals surface area contributed by atoms with Gasteiger partial charge in [0, 0.05) is 11.3 Å². The maximum atomic E-state index is 11.7. The van der Waals surface area contributed by atoms with E-state index in [4.69, 9.17) is 0 Å². The Hall–Kier alpha value is -1.96. The second-order valence-corrected chi connectivity index (χ2v) is 5.15. The van der Waals surface area contributed by atoms with Crippen molar-refractivity contribution in [3.63, 3.8) is 0 Å². The van der Waals surface area contributed by atoms with Gasteiger partial charge in [-0.2, -0.15) is 0 Å². The van der Waals surface area contributed by atoms with Crippen molar-refractivity contribution in [2.75, 3.05) is 5.32 Å². The first-order chi connectivity index (χ1) is 8.47. The molecule has 1 fully saturated rings. The van der Waals surface area contributed by atoms with E-state index < -0.39 is 23.6 Å². The van der Waals surface area contributed by atoms with Gasteiger partial charge in [-0.25, -0.2) is 4.98 Å². The van der Waals surface area contributed by atoms with Gasteiger partial charge in [0.25, 0.3) is 11.8 Å². The minimum Gasteiger partial charge on any atom is -0.302 e. The largest absolute Gasteiger partial charge is 0.302 e. The van der Waals surface area contributed by atoms with Gasteiger partial charge in [-0.05, 0) is 13.8 Å². The van der Waals surface area contributed by atoms with Gasteiger partial charge in [-0.1, -0.05) is 0 Å². The van der Waals surface area contributed by atoms with Crippen molar-refractivity contribution in [3.8, 4) is 0 Å². The molecule has 0 aliphatic carbocycles. The number of amides is 3. The summed E-state index contributed by atoms with van der Waals surface area (Å²) in [5, 5.41) is 3.06. The van der Waals surface area contributed by atoms with Crippen LogP contribution in [-0.4, -0.2) is 22.7 Å². The van der Waals surface area contributed by atoms with E-state index in [2.05, 4.69) is 21.2 Å². The van der Waals surface area contributed by atoms with Crippen molar-refractivity contribution in [2.24, 2.45) is 5.92 Å². The maximum Gasteiger partial charge on any atom is 0.251 e. The summed E-state index contributed by atoms with van der Waals surface area (Å²) in [5.41, 5.74) is 5.19. The monoisotopic (exact) mass is 268 g/mol. The van der Waals surface area contributed by atoms with E-state index in [1.54, 1.807) is 0 Å². The second kappa shape index (κ2) is 4.73. The van der Waals surface area contributed by atoms with Crippen molar-refractivity contribution < 1.29 is 14.4 Å². The Balaban J connectivity index is 1.96. The van der Waals surface area contributed by atoms with Gasteiger partial charge in [0.1, 0.15) is 5.92 Å². The van der Waals surface area contributed by atoms with Crippen LogP contribution in [0.25, 0.3) is 0 Å². The molecule has 2 heterocycles. The highest BCUT2D eigenvalue weighted by molar-refractivity contribution is 7.15. The summed E-state index contributed by atoms with van der Waals surface area (Å²) in [5.74, 6) is -2.34. The Bertz CT molecular complexity index is 490. The first-order valence-electron chi connectivity index (χ1n) is 5.31. The van der Waals surface area contributed by atoms with Crippen LogP contribution in [-0.2, 0) is 14.4 Å². The Morgan fingerprint density at radius 1 is 1.33 bits per heavy atom. The molecule has 3 N–H and O–H groups in total. The first-order valence-corrected chi connectivity index (χ1v) is 6.12. The summed E-state index contributed by atoms with van der Waals surface area (Å²) in [6, 6.07) is 0. The molecule has 96 valence electrons.